The second kappa shape index (κ2) is 9.82. The number of benzene rings is 1. The summed E-state index contributed by atoms with van der Waals surface area (Å²) in [6.07, 6.45) is 4.43. The molecular weight excluding hydrogens is 398 g/mol. The third-order valence-corrected chi connectivity index (χ3v) is 8.30. The summed E-state index contributed by atoms with van der Waals surface area (Å²) in [5.41, 5.74) is 2.43. The number of amides is 1. The molecule has 2 saturated heterocycles. The van der Waals surface area contributed by atoms with E-state index < -0.39 is 0 Å². The van der Waals surface area contributed by atoms with Gasteiger partial charge in [0.1, 0.15) is 0 Å². The molecule has 0 radical (unpaired) electrons. The summed E-state index contributed by atoms with van der Waals surface area (Å²) in [5, 5.41) is 3.36. The van der Waals surface area contributed by atoms with Gasteiger partial charge in [-0.1, -0.05) is 52.0 Å². The van der Waals surface area contributed by atoms with E-state index in [1.54, 1.807) is 0 Å². The third kappa shape index (κ3) is 5.05. The molecule has 32 heavy (non-hydrogen) atoms. The Balaban J connectivity index is 1.43. The SMILES string of the molecule is CCN1CC[C@@H]2C[C@@H](N3CCOCC3)CC[C@@]2(C(=O)NCc2ccc(C(C)(C)C)cc2)C1. The molecule has 178 valence electrons. The largest absolute Gasteiger partial charge is 0.379 e. The number of ether oxygens (including phenoxy) is 1. The quantitative estimate of drug-likeness (QED) is 0.755. The van der Waals surface area contributed by atoms with Crippen molar-refractivity contribution in [2.24, 2.45) is 11.3 Å². The molecule has 5 heteroatoms. The first-order chi connectivity index (χ1) is 15.3. The fraction of sp³-hybridized carbons (Fsp3) is 0.741. The number of piperidine rings is 1. The van der Waals surface area contributed by atoms with Gasteiger partial charge in [0.05, 0.1) is 18.6 Å². The van der Waals surface area contributed by atoms with Crippen LogP contribution in [-0.4, -0.2) is 67.7 Å². The fourth-order valence-electron chi connectivity index (χ4n) is 6.11. The number of morpholine rings is 1. The maximum atomic E-state index is 13.7. The van der Waals surface area contributed by atoms with Crippen LogP contribution in [0.1, 0.15) is 64.5 Å². The van der Waals surface area contributed by atoms with Gasteiger partial charge < -0.3 is 15.0 Å². The van der Waals surface area contributed by atoms with Crippen LogP contribution >= 0.6 is 0 Å². The van der Waals surface area contributed by atoms with Crippen molar-refractivity contribution in [2.75, 3.05) is 45.9 Å². The number of nitrogens with zero attached hydrogens (tertiary/aromatic N) is 2. The van der Waals surface area contributed by atoms with E-state index in [4.69, 9.17) is 4.74 Å². The summed E-state index contributed by atoms with van der Waals surface area (Å²) in [6, 6.07) is 9.36. The fourth-order valence-corrected chi connectivity index (χ4v) is 6.11. The van der Waals surface area contributed by atoms with Crippen molar-refractivity contribution in [1.29, 1.82) is 0 Å². The Labute approximate surface area is 194 Å². The van der Waals surface area contributed by atoms with Gasteiger partial charge >= 0.3 is 0 Å². The Kier molecular flexibility index (Phi) is 7.28. The highest BCUT2D eigenvalue weighted by molar-refractivity contribution is 5.83. The van der Waals surface area contributed by atoms with Crippen molar-refractivity contribution in [3.63, 3.8) is 0 Å². The number of likely N-dealkylation sites (tertiary alicyclic amines) is 1. The number of hydrogen-bond acceptors (Lipinski definition) is 4. The van der Waals surface area contributed by atoms with Crippen molar-refractivity contribution in [1.82, 2.24) is 15.1 Å². The van der Waals surface area contributed by atoms with E-state index in [0.717, 1.165) is 71.6 Å². The van der Waals surface area contributed by atoms with Gasteiger partial charge in [0.2, 0.25) is 5.91 Å². The van der Waals surface area contributed by atoms with E-state index in [9.17, 15) is 4.79 Å². The summed E-state index contributed by atoms with van der Waals surface area (Å²) < 4.78 is 5.57. The second-order valence-electron chi connectivity index (χ2n) is 11.2. The van der Waals surface area contributed by atoms with Gasteiger partial charge in [0.15, 0.2) is 0 Å². The molecule has 0 spiro atoms. The Hall–Kier alpha value is -1.43. The summed E-state index contributed by atoms with van der Waals surface area (Å²) in [6.45, 7) is 16.4. The minimum atomic E-state index is -0.234. The molecule has 2 heterocycles. The number of nitrogens with one attached hydrogen (secondary N) is 1. The third-order valence-electron chi connectivity index (χ3n) is 8.30. The van der Waals surface area contributed by atoms with Crippen molar-refractivity contribution >= 4 is 5.91 Å². The maximum absolute atomic E-state index is 13.7. The topological polar surface area (TPSA) is 44.8 Å². The van der Waals surface area contributed by atoms with Crippen LogP contribution in [0.15, 0.2) is 24.3 Å². The average Bonchev–Trinajstić information content (AvgIpc) is 2.82. The summed E-state index contributed by atoms with van der Waals surface area (Å²) in [4.78, 5) is 18.8. The number of carbonyl (C=O) groups excluding carboxylic acids is 1. The molecule has 3 atom stereocenters. The molecule has 1 aliphatic carbocycles. The van der Waals surface area contributed by atoms with Crippen LogP contribution in [-0.2, 0) is 21.5 Å². The smallest absolute Gasteiger partial charge is 0.228 e. The highest BCUT2D eigenvalue weighted by atomic mass is 16.5. The van der Waals surface area contributed by atoms with Crippen LogP contribution in [0.2, 0.25) is 0 Å². The predicted octanol–water partition coefficient (Wildman–Crippen LogP) is 3.81. The first kappa shape index (κ1) is 23.7. The van der Waals surface area contributed by atoms with Crippen LogP contribution in [0.3, 0.4) is 0 Å². The van der Waals surface area contributed by atoms with Gasteiger partial charge in [-0.15, -0.1) is 0 Å². The molecule has 1 amide bonds. The Bertz CT molecular complexity index is 766. The number of carbonyl (C=O) groups is 1. The van der Waals surface area contributed by atoms with Crippen LogP contribution in [0, 0.1) is 11.3 Å². The van der Waals surface area contributed by atoms with Gasteiger partial charge in [0, 0.05) is 32.2 Å². The Morgan fingerprint density at radius 3 is 2.50 bits per heavy atom. The van der Waals surface area contributed by atoms with Crippen LogP contribution < -0.4 is 5.32 Å². The minimum absolute atomic E-state index is 0.152. The highest BCUT2D eigenvalue weighted by Gasteiger charge is 2.52. The molecule has 4 rings (SSSR count). The molecule has 3 aliphatic rings. The van der Waals surface area contributed by atoms with Crippen LogP contribution in [0.4, 0.5) is 0 Å². The van der Waals surface area contributed by atoms with E-state index in [-0.39, 0.29) is 16.7 Å². The van der Waals surface area contributed by atoms with Crippen molar-refractivity contribution in [2.45, 2.75) is 71.4 Å². The lowest BCUT2D eigenvalue weighted by Crippen LogP contribution is -2.60. The number of hydrogen-bond donors (Lipinski definition) is 1. The zero-order valence-corrected chi connectivity index (χ0v) is 20.7. The molecule has 5 nitrogen and oxygen atoms in total. The normalized spacial score (nSPS) is 30.0. The lowest BCUT2D eigenvalue weighted by molar-refractivity contribution is -0.145. The summed E-state index contributed by atoms with van der Waals surface area (Å²) in [5.74, 6) is 0.760. The number of rotatable bonds is 5. The van der Waals surface area contributed by atoms with Crippen LogP contribution in [0.5, 0.6) is 0 Å². The van der Waals surface area contributed by atoms with Gasteiger partial charge in [-0.25, -0.2) is 0 Å². The molecule has 3 fully saturated rings. The lowest BCUT2D eigenvalue weighted by atomic mass is 9.61. The molecular formula is C27H43N3O2. The molecule has 0 aromatic heterocycles. The van der Waals surface area contributed by atoms with Gasteiger partial charge in [-0.05, 0) is 61.2 Å². The minimum Gasteiger partial charge on any atom is -0.379 e. The first-order valence-corrected chi connectivity index (χ1v) is 12.7. The molecule has 0 unspecified atom stereocenters. The Morgan fingerprint density at radius 2 is 1.84 bits per heavy atom. The first-order valence-electron chi connectivity index (χ1n) is 12.7. The summed E-state index contributed by atoms with van der Waals surface area (Å²) in [7, 11) is 0. The zero-order valence-electron chi connectivity index (χ0n) is 20.7. The van der Waals surface area contributed by atoms with Gasteiger partial charge in [-0.2, -0.15) is 0 Å². The van der Waals surface area contributed by atoms with Crippen molar-refractivity contribution in [3.8, 4) is 0 Å². The summed E-state index contributed by atoms with van der Waals surface area (Å²) >= 11 is 0. The Morgan fingerprint density at radius 1 is 1.12 bits per heavy atom. The van der Waals surface area contributed by atoms with E-state index in [2.05, 4.69) is 67.1 Å². The second-order valence-corrected chi connectivity index (χ2v) is 11.2. The molecule has 1 aromatic carbocycles. The maximum Gasteiger partial charge on any atom is 0.228 e. The molecule has 1 aromatic rings. The standard InChI is InChI=1S/C27H43N3O2/c1-5-29-13-11-23-18-24(30-14-16-32-17-15-30)10-12-27(23,20-29)25(31)28-19-21-6-8-22(9-7-21)26(2,3)4/h6-9,23-24H,5,10-20H2,1-4H3,(H,28,31)/t23-,24+,27-/m1/s1. The predicted molar refractivity (Wildman–Crippen MR) is 130 cm³/mol. The van der Waals surface area contributed by atoms with E-state index >= 15 is 0 Å². The lowest BCUT2D eigenvalue weighted by Gasteiger charge is -2.53. The van der Waals surface area contributed by atoms with Gasteiger partial charge in [-0.3, -0.25) is 9.69 Å². The average molecular weight is 442 g/mol. The van der Waals surface area contributed by atoms with E-state index in [1.807, 2.05) is 0 Å². The van der Waals surface area contributed by atoms with Crippen LogP contribution in [0.25, 0.3) is 0 Å². The monoisotopic (exact) mass is 441 g/mol. The van der Waals surface area contributed by atoms with Crippen molar-refractivity contribution in [3.05, 3.63) is 35.4 Å². The van der Waals surface area contributed by atoms with Crippen molar-refractivity contribution < 1.29 is 9.53 Å². The highest BCUT2D eigenvalue weighted by Crippen LogP contribution is 2.48. The molecule has 0 bridgehead atoms. The molecule has 1 saturated carbocycles. The number of fused-ring (bicyclic) bond motifs is 1. The zero-order chi connectivity index (χ0) is 22.8. The van der Waals surface area contributed by atoms with E-state index in [1.165, 1.54) is 11.1 Å². The van der Waals surface area contributed by atoms with Gasteiger partial charge in [0.25, 0.3) is 0 Å². The molecule has 1 N–H and O–H groups in total. The van der Waals surface area contributed by atoms with E-state index in [0.29, 0.717) is 18.5 Å². The molecule has 2 aliphatic heterocycles.